The van der Waals surface area contributed by atoms with E-state index in [-0.39, 0.29) is 38.6 Å². The monoisotopic (exact) mass is 1040 g/mol. The SMILES string of the molecule is CC/C=C\C/C=C\C/C=C\C/C=C\C/C=C\C/C=C\C/C=C\CCCCCCCCCC(=O)OC(COC(=O)CCCCCCC/C=C\C/C=C\C/C=C\C/C=C\C/C=C\CC)COC(OCC[N+](C)(C)C)C(=O)[O-]. The van der Waals surface area contributed by atoms with Crippen LogP contribution in [0.25, 0.3) is 0 Å². The zero-order valence-corrected chi connectivity index (χ0v) is 47.9. The number of carbonyl (C=O) groups excluding carboxylic acids is 3. The summed E-state index contributed by atoms with van der Waals surface area (Å²) in [6.07, 6.45) is 77.4. The van der Waals surface area contributed by atoms with Gasteiger partial charge in [0, 0.05) is 12.8 Å². The first kappa shape index (κ1) is 70.2. The summed E-state index contributed by atoms with van der Waals surface area (Å²) in [5.41, 5.74) is 0. The molecule has 9 heteroatoms. The van der Waals surface area contributed by atoms with Crippen molar-refractivity contribution in [3.8, 4) is 0 Å². The normalized spacial score (nSPS) is 13.9. The summed E-state index contributed by atoms with van der Waals surface area (Å²) in [6, 6.07) is 0. The van der Waals surface area contributed by atoms with Gasteiger partial charge in [0.15, 0.2) is 12.4 Å². The first-order chi connectivity index (χ1) is 36.6. The molecule has 0 aromatic heterocycles. The van der Waals surface area contributed by atoms with Crippen molar-refractivity contribution in [2.45, 2.75) is 206 Å². The molecular weight excluding hydrogens is 935 g/mol. The summed E-state index contributed by atoms with van der Waals surface area (Å²) in [5, 5.41) is 11.8. The number of quaternary nitrogens is 1. The van der Waals surface area contributed by atoms with Crippen LogP contribution in [0, 0.1) is 0 Å². The fraction of sp³-hybridized carbons (Fsp3) is 0.591. The van der Waals surface area contributed by atoms with Crippen LogP contribution in [0.1, 0.15) is 194 Å². The highest BCUT2D eigenvalue weighted by Gasteiger charge is 2.22. The molecule has 0 heterocycles. The van der Waals surface area contributed by atoms with Gasteiger partial charge in [0.2, 0.25) is 0 Å². The number of unbranched alkanes of at least 4 members (excludes halogenated alkanes) is 12. The quantitative estimate of drug-likeness (QED) is 0.0195. The van der Waals surface area contributed by atoms with Crippen molar-refractivity contribution in [2.24, 2.45) is 0 Å². The van der Waals surface area contributed by atoms with Crippen molar-refractivity contribution in [3.05, 3.63) is 146 Å². The van der Waals surface area contributed by atoms with Crippen molar-refractivity contribution < 1.29 is 42.9 Å². The number of aliphatic carboxylic acids is 1. The Morgan fingerprint density at radius 2 is 0.720 bits per heavy atom. The Morgan fingerprint density at radius 1 is 0.400 bits per heavy atom. The van der Waals surface area contributed by atoms with Gasteiger partial charge in [0.25, 0.3) is 0 Å². The molecule has 0 fully saturated rings. The third kappa shape index (κ3) is 56.7. The average Bonchev–Trinajstić information content (AvgIpc) is 3.38. The number of ether oxygens (including phenoxy) is 4. The number of hydrogen-bond donors (Lipinski definition) is 0. The van der Waals surface area contributed by atoms with E-state index in [0.717, 1.165) is 135 Å². The minimum Gasteiger partial charge on any atom is -0.545 e. The van der Waals surface area contributed by atoms with E-state index in [0.29, 0.717) is 23.9 Å². The average molecular weight is 1040 g/mol. The van der Waals surface area contributed by atoms with Gasteiger partial charge in [-0.2, -0.15) is 0 Å². The van der Waals surface area contributed by atoms with Gasteiger partial charge in [0.05, 0.1) is 40.3 Å². The predicted molar refractivity (Wildman–Crippen MR) is 315 cm³/mol. The van der Waals surface area contributed by atoms with Gasteiger partial charge in [-0.3, -0.25) is 9.59 Å². The third-order valence-corrected chi connectivity index (χ3v) is 11.6. The van der Waals surface area contributed by atoms with Gasteiger partial charge in [-0.1, -0.05) is 211 Å². The molecule has 0 bridgehead atoms. The predicted octanol–water partition coefficient (Wildman–Crippen LogP) is 15.9. The number of rotatable bonds is 51. The minimum atomic E-state index is -1.64. The number of likely N-dealkylation sites (N-methyl/N-ethyl adjacent to an activating group) is 1. The maximum atomic E-state index is 12.9. The second kappa shape index (κ2) is 55.4. The second-order valence-electron chi connectivity index (χ2n) is 19.8. The topological polar surface area (TPSA) is 111 Å². The van der Waals surface area contributed by atoms with Crippen molar-refractivity contribution in [1.82, 2.24) is 0 Å². The van der Waals surface area contributed by atoms with E-state index in [1.165, 1.54) is 19.3 Å². The molecule has 0 N–H and O–H groups in total. The molecule has 0 saturated heterocycles. The summed E-state index contributed by atoms with van der Waals surface area (Å²) < 4.78 is 22.7. The smallest absolute Gasteiger partial charge is 0.306 e. The van der Waals surface area contributed by atoms with Crippen LogP contribution in [0.3, 0.4) is 0 Å². The number of allylic oxidation sites excluding steroid dienone is 24. The molecule has 0 radical (unpaired) electrons. The maximum absolute atomic E-state index is 12.9. The lowest BCUT2D eigenvalue weighted by Crippen LogP contribution is -2.44. The lowest BCUT2D eigenvalue weighted by Gasteiger charge is -2.26. The Labute approximate surface area is 458 Å². The minimum absolute atomic E-state index is 0.133. The fourth-order valence-corrected chi connectivity index (χ4v) is 7.19. The van der Waals surface area contributed by atoms with Gasteiger partial charge < -0.3 is 33.3 Å². The molecule has 422 valence electrons. The summed E-state index contributed by atoms with van der Waals surface area (Å²) in [5.74, 6) is -2.34. The Morgan fingerprint density at radius 3 is 1.07 bits per heavy atom. The van der Waals surface area contributed by atoms with Gasteiger partial charge in [0.1, 0.15) is 13.2 Å². The largest absolute Gasteiger partial charge is 0.545 e. The molecule has 0 rings (SSSR count). The first-order valence-electron chi connectivity index (χ1n) is 29.0. The zero-order chi connectivity index (χ0) is 54.8. The van der Waals surface area contributed by atoms with Crippen LogP contribution in [-0.4, -0.2) is 82.3 Å². The Kier molecular flexibility index (Phi) is 51.8. The maximum Gasteiger partial charge on any atom is 0.306 e. The van der Waals surface area contributed by atoms with E-state index in [1.54, 1.807) is 0 Å². The molecule has 0 saturated carbocycles. The van der Waals surface area contributed by atoms with Crippen LogP contribution < -0.4 is 5.11 Å². The number of carboxylic acids is 1. The second-order valence-corrected chi connectivity index (χ2v) is 19.8. The number of carbonyl (C=O) groups is 3. The van der Waals surface area contributed by atoms with Crippen LogP contribution in [0.5, 0.6) is 0 Å². The summed E-state index contributed by atoms with van der Waals surface area (Å²) in [6.45, 7) is 4.45. The number of nitrogens with zero attached hydrogens (tertiary/aromatic N) is 1. The Balaban J connectivity index is 4.36. The standard InChI is InChI=1S/C66H105NO8/c1-6-8-10-12-14-16-18-20-22-24-26-28-29-30-31-32-33-34-35-37-39-41-43-45-47-49-51-53-55-57-64(69)75-62(61-74-66(65(70)71)72-59-58-67(3,4)5)60-73-63(68)56-54-52-50-48-46-44-42-40-38-36-27-25-23-21-19-17-15-13-11-9-7-2/h8-11,14-17,20-23,26-28,30-31,33-34,36-37,39-40,42,62,66H,6-7,12-13,18-19,24-25,29,32,35,38,41,43-61H2,1-5H3/b10-8-,11-9-,16-14-,17-15-,22-20-,23-21-,28-26-,31-30-,34-33-,36-27-,39-37-,42-40-. The summed E-state index contributed by atoms with van der Waals surface area (Å²) in [7, 11) is 5.90. The molecular formula is C66H105NO8. The molecule has 2 unspecified atom stereocenters. The van der Waals surface area contributed by atoms with E-state index >= 15 is 0 Å². The van der Waals surface area contributed by atoms with Crippen molar-refractivity contribution in [2.75, 3.05) is 47.5 Å². The summed E-state index contributed by atoms with van der Waals surface area (Å²) >= 11 is 0. The van der Waals surface area contributed by atoms with Crippen molar-refractivity contribution >= 4 is 17.9 Å². The molecule has 2 atom stereocenters. The molecule has 0 amide bonds. The van der Waals surface area contributed by atoms with Crippen molar-refractivity contribution in [1.29, 1.82) is 0 Å². The highest BCUT2D eigenvalue weighted by molar-refractivity contribution is 5.70. The van der Waals surface area contributed by atoms with E-state index in [1.807, 2.05) is 21.1 Å². The van der Waals surface area contributed by atoms with Gasteiger partial charge in [-0.25, -0.2) is 0 Å². The van der Waals surface area contributed by atoms with Gasteiger partial charge in [-0.05, 0) is 116 Å². The van der Waals surface area contributed by atoms with Crippen LogP contribution in [-0.2, 0) is 33.3 Å². The van der Waals surface area contributed by atoms with Crippen LogP contribution in [0.15, 0.2) is 146 Å². The lowest BCUT2D eigenvalue weighted by molar-refractivity contribution is -0.870. The molecule has 0 aliphatic rings. The zero-order valence-electron chi connectivity index (χ0n) is 47.9. The number of esters is 2. The lowest BCUT2D eigenvalue weighted by atomic mass is 10.1. The van der Waals surface area contributed by atoms with Gasteiger partial charge >= 0.3 is 11.9 Å². The van der Waals surface area contributed by atoms with E-state index in [9.17, 15) is 19.5 Å². The first-order valence-corrected chi connectivity index (χ1v) is 29.0. The molecule has 9 nitrogen and oxygen atoms in total. The van der Waals surface area contributed by atoms with Crippen LogP contribution in [0.2, 0.25) is 0 Å². The highest BCUT2D eigenvalue weighted by atomic mass is 16.7. The Bertz CT molecular complexity index is 1730. The molecule has 0 aromatic rings. The van der Waals surface area contributed by atoms with Crippen LogP contribution in [0.4, 0.5) is 0 Å². The van der Waals surface area contributed by atoms with Crippen LogP contribution >= 0.6 is 0 Å². The highest BCUT2D eigenvalue weighted by Crippen LogP contribution is 2.13. The molecule has 0 aromatic carbocycles. The van der Waals surface area contributed by atoms with E-state index < -0.39 is 24.3 Å². The molecule has 0 aliphatic heterocycles. The van der Waals surface area contributed by atoms with Crippen molar-refractivity contribution in [3.63, 3.8) is 0 Å². The van der Waals surface area contributed by atoms with E-state index in [2.05, 4.69) is 160 Å². The molecule has 0 aliphatic carbocycles. The third-order valence-electron chi connectivity index (χ3n) is 11.6. The number of carboxylic acid groups (broad SMARTS) is 1. The molecule has 0 spiro atoms. The fourth-order valence-electron chi connectivity index (χ4n) is 7.19. The molecule has 75 heavy (non-hydrogen) atoms. The van der Waals surface area contributed by atoms with Gasteiger partial charge in [-0.15, -0.1) is 0 Å². The Hall–Kier alpha value is -4.83. The number of hydrogen-bond acceptors (Lipinski definition) is 8. The van der Waals surface area contributed by atoms with E-state index in [4.69, 9.17) is 18.9 Å². The summed E-state index contributed by atoms with van der Waals surface area (Å²) in [4.78, 5) is 37.3.